The molecule has 0 aliphatic carbocycles. The molecule has 1 aliphatic heterocycles. The van der Waals surface area contributed by atoms with Gasteiger partial charge in [-0.25, -0.2) is 8.42 Å². The second kappa shape index (κ2) is 4.56. The fourth-order valence-electron chi connectivity index (χ4n) is 1.06. The van der Waals surface area contributed by atoms with Crippen LogP contribution in [0.4, 0.5) is 5.69 Å². The van der Waals surface area contributed by atoms with Gasteiger partial charge in [-0.3, -0.25) is 0 Å². The molecule has 1 aliphatic rings. The minimum atomic E-state index is -3.42. The fourth-order valence-corrected chi connectivity index (χ4v) is 3.60. The zero-order chi connectivity index (χ0) is 12.6. The summed E-state index contributed by atoms with van der Waals surface area (Å²) < 4.78 is 30.8. The van der Waals surface area contributed by atoms with Crippen molar-refractivity contribution in [3.05, 3.63) is 22.2 Å². The van der Waals surface area contributed by atoms with Crippen molar-refractivity contribution in [3.63, 3.8) is 0 Å². The van der Waals surface area contributed by atoms with Gasteiger partial charge in [0.2, 0.25) is 0 Å². The third-order valence-corrected chi connectivity index (χ3v) is 5.34. The number of benzene rings is 1. The highest BCUT2D eigenvalue weighted by molar-refractivity contribution is 8.24. The van der Waals surface area contributed by atoms with E-state index in [1.807, 2.05) is 0 Å². The maximum atomic E-state index is 11.1. The zero-order valence-electron chi connectivity index (χ0n) is 8.18. The average Bonchev–Trinajstić information content (AvgIpc) is 2.59. The van der Waals surface area contributed by atoms with E-state index in [1.165, 1.54) is 12.1 Å². The van der Waals surface area contributed by atoms with Crippen LogP contribution in [0.1, 0.15) is 0 Å². The standard InChI is InChI=1S/C8H6Cl2N2O3S2/c9-6-4(11)1-2-5(7(6)10)15-8-12-17(13,14)3-16-8/h1-2H,3,11H2. The van der Waals surface area contributed by atoms with Gasteiger partial charge in [0.1, 0.15) is 15.9 Å². The van der Waals surface area contributed by atoms with E-state index in [2.05, 4.69) is 4.40 Å². The molecular formula is C8H6Cl2N2O3S2. The van der Waals surface area contributed by atoms with Gasteiger partial charge in [0, 0.05) is 0 Å². The number of ether oxygens (including phenoxy) is 1. The number of sulfonamides is 1. The van der Waals surface area contributed by atoms with Gasteiger partial charge in [-0.15, -0.1) is 4.40 Å². The molecule has 17 heavy (non-hydrogen) atoms. The summed E-state index contributed by atoms with van der Waals surface area (Å²) in [5.74, 6) is 0.217. The highest BCUT2D eigenvalue weighted by Crippen LogP contribution is 2.37. The minimum Gasteiger partial charge on any atom is -0.432 e. The summed E-state index contributed by atoms with van der Waals surface area (Å²) in [4.78, 5) is 0. The van der Waals surface area contributed by atoms with Gasteiger partial charge in [0.25, 0.3) is 15.3 Å². The highest BCUT2D eigenvalue weighted by Gasteiger charge is 2.24. The molecule has 1 aromatic carbocycles. The molecule has 0 unspecified atom stereocenters. The number of rotatable bonds is 1. The minimum absolute atomic E-state index is 0.0211. The lowest BCUT2D eigenvalue weighted by atomic mass is 10.3. The Morgan fingerprint density at radius 1 is 1.35 bits per heavy atom. The normalized spacial score (nSPS) is 17.9. The van der Waals surface area contributed by atoms with Gasteiger partial charge in [0.05, 0.1) is 10.7 Å². The molecule has 0 radical (unpaired) electrons. The van der Waals surface area contributed by atoms with E-state index in [4.69, 9.17) is 33.7 Å². The second-order valence-corrected chi connectivity index (χ2v) is 6.77. The van der Waals surface area contributed by atoms with Crippen molar-refractivity contribution in [2.75, 3.05) is 10.8 Å². The van der Waals surface area contributed by atoms with Crippen LogP contribution in [0.25, 0.3) is 0 Å². The topological polar surface area (TPSA) is 81.8 Å². The maximum Gasteiger partial charge on any atom is 0.268 e. The number of nitrogens with two attached hydrogens (primary N) is 1. The molecule has 1 heterocycles. The van der Waals surface area contributed by atoms with E-state index in [0.29, 0.717) is 5.69 Å². The number of anilines is 1. The van der Waals surface area contributed by atoms with Gasteiger partial charge in [-0.2, -0.15) is 0 Å². The van der Waals surface area contributed by atoms with Gasteiger partial charge in [-0.05, 0) is 23.9 Å². The Bertz CT molecular complexity index is 601. The van der Waals surface area contributed by atoms with Crippen molar-refractivity contribution in [1.29, 1.82) is 0 Å². The number of hydrogen-bond donors (Lipinski definition) is 1. The number of hydrogen-bond acceptors (Lipinski definition) is 5. The predicted molar refractivity (Wildman–Crippen MR) is 70.3 cm³/mol. The summed E-state index contributed by atoms with van der Waals surface area (Å²) >= 11 is 12.7. The van der Waals surface area contributed by atoms with Crippen LogP contribution in [0.3, 0.4) is 0 Å². The highest BCUT2D eigenvalue weighted by atomic mass is 35.5. The Morgan fingerprint density at radius 2 is 2.06 bits per heavy atom. The van der Waals surface area contributed by atoms with E-state index < -0.39 is 10.0 Å². The largest absolute Gasteiger partial charge is 0.432 e. The third-order valence-electron chi connectivity index (χ3n) is 1.82. The molecule has 92 valence electrons. The molecule has 0 bridgehead atoms. The Labute approximate surface area is 112 Å². The molecule has 0 saturated carbocycles. The maximum absolute atomic E-state index is 11.1. The molecule has 5 nitrogen and oxygen atoms in total. The first-order valence-corrected chi connectivity index (χ1v) is 7.61. The van der Waals surface area contributed by atoms with Gasteiger partial charge >= 0.3 is 0 Å². The van der Waals surface area contributed by atoms with Crippen LogP contribution in [-0.4, -0.2) is 18.7 Å². The van der Waals surface area contributed by atoms with E-state index in [-0.39, 0.29) is 26.1 Å². The van der Waals surface area contributed by atoms with E-state index in [9.17, 15) is 8.42 Å². The second-order valence-electron chi connectivity index (χ2n) is 3.08. The molecule has 2 N–H and O–H groups in total. The fraction of sp³-hybridized carbons (Fsp3) is 0.125. The number of halogens is 2. The van der Waals surface area contributed by atoms with Crippen LogP contribution in [0.2, 0.25) is 10.0 Å². The number of nitrogens with zero attached hydrogens (tertiary/aromatic N) is 1. The van der Waals surface area contributed by atoms with Crippen molar-refractivity contribution in [2.24, 2.45) is 4.40 Å². The summed E-state index contributed by atoms with van der Waals surface area (Å²) in [6.45, 7) is 0. The Kier molecular flexibility index (Phi) is 3.44. The van der Waals surface area contributed by atoms with Crippen LogP contribution in [0.15, 0.2) is 16.5 Å². The molecule has 9 heteroatoms. The first-order chi connectivity index (χ1) is 7.89. The Morgan fingerprint density at radius 3 is 2.65 bits per heavy atom. The lowest BCUT2D eigenvalue weighted by molar-refractivity contribution is 0.566. The first kappa shape index (κ1) is 12.8. The summed E-state index contributed by atoms with van der Waals surface area (Å²) in [6, 6.07) is 3.01. The monoisotopic (exact) mass is 312 g/mol. The number of nitrogen functional groups attached to an aromatic ring is 1. The van der Waals surface area contributed by atoms with Crippen molar-refractivity contribution in [3.8, 4) is 5.75 Å². The van der Waals surface area contributed by atoms with E-state index in [1.54, 1.807) is 0 Å². The molecule has 1 aromatic rings. The molecule has 2 rings (SSSR count). The van der Waals surface area contributed by atoms with E-state index in [0.717, 1.165) is 11.8 Å². The van der Waals surface area contributed by atoms with Crippen LogP contribution >= 0.6 is 35.0 Å². The average molecular weight is 313 g/mol. The van der Waals surface area contributed by atoms with Gasteiger partial charge in [0.15, 0.2) is 0 Å². The predicted octanol–water partition coefficient (Wildman–Crippen LogP) is 2.34. The Hall–Kier alpha value is -0.630. The van der Waals surface area contributed by atoms with Crippen LogP contribution in [0.5, 0.6) is 5.75 Å². The zero-order valence-corrected chi connectivity index (χ0v) is 11.3. The lowest BCUT2D eigenvalue weighted by Crippen LogP contribution is -2.01. The molecule has 0 atom stereocenters. The molecule has 0 aromatic heterocycles. The summed E-state index contributed by atoms with van der Waals surface area (Å²) in [5, 5.41) is 0.172. The summed E-state index contributed by atoms with van der Waals surface area (Å²) in [7, 11) is -3.42. The summed E-state index contributed by atoms with van der Waals surface area (Å²) in [6.07, 6.45) is 0. The van der Waals surface area contributed by atoms with E-state index >= 15 is 0 Å². The molecular weight excluding hydrogens is 307 g/mol. The van der Waals surface area contributed by atoms with Crippen LogP contribution in [-0.2, 0) is 10.0 Å². The SMILES string of the molecule is Nc1ccc(OC2=NS(=O)(=O)CS2)c(Cl)c1Cl. The lowest BCUT2D eigenvalue weighted by Gasteiger charge is -2.08. The van der Waals surface area contributed by atoms with Crippen molar-refractivity contribution in [2.45, 2.75) is 0 Å². The quantitative estimate of drug-likeness (QED) is 0.805. The van der Waals surface area contributed by atoms with Gasteiger partial charge in [-0.1, -0.05) is 23.2 Å². The molecule has 0 fully saturated rings. The smallest absolute Gasteiger partial charge is 0.268 e. The molecule has 0 amide bonds. The van der Waals surface area contributed by atoms with Crippen LogP contribution < -0.4 is 10.5 Å². The first-order valence-electron chi connectivity index (χ1n) is 4.26. The Balaban J connectivity index is 2.30. The van der Waals surface area contributed by atoms with Gasteiger partial charge < -0.3 is 10.5 Å². The summed E-state index contributed by atoms with van der Waals surface area (Å²) in [5.41, 5.74) is 5.85. The van der Waals surface area contributed by atoms with Crippen LogP contribution in [0, 0.1) is 0 Å². The molecule has 0 saturated heterocycles. The van der Waals surface area contributed by atoms with Crippen molar-refractivity contribution >= 4 is 55.9 Å². The number of thioether (sulfide) groups is 1. The molecule has 0 spiro atoms. The van der Waals surface area contributed by atoms with Crippen molar-refractivity contribution < 1.29 is 13.2 Å². The third kappa shape index (κ3) is 2.79. The van der Waals surface area contributed by atoms with Crippen molar-refractivity contribution in [1.82, 2.24) is 0 Å².